The molecule has 4 rings (SSSR count). The van der Waals surface area contributed by atoms with Crippen molar-refractivity contribution >= 4 is 23.3 Å². The first-order valence-corrected chi connectivity index (χ1v) is 9.59. The largest absolute Gasteiger partial charge is 0.495 e. The number of hydrogen-bond acceptors (Lipinski definition) is 8. The summed E-state index contributed by atoms with van der Waals surface area (Å²) in [5.74, 6) is -3.40. The van der Waals surface area contributed by atoms with Gasteiger partial charge in [-0.2, -0.15) is 0 Å². The summed E-state index contributed by atoms with van der Waals surface area (Å²) in [6.45, 7) is -2.85. The molecule has 1 aliphatic carbocycles. The summed E-state index contributed by atoms with van der Waals surface area (Å²) in [6, 6.07) is 4.61. The summed E-state index contributed by atoms with van der Waals surface area (Å²) < 4.78 is 54.3. The lowest BCUT2D eigenvalue weighted by Gasteiger charge is -2.18. The zero-order valence-corrected chi connectivity index (χ0v) is 17.1. The van der Waals surface area contributed by atoms with Crippen molar-refractivity contribution in [2.45, 2.75) is 12.6 Å². The van der Waals surface area contributed by atoms with Gasteiger partial charge < -0.3 is 21.1 Å². The number of alkyl halides is 1. The second-order valence-electron chi connectivity index (χ2n) is 7.10. The number of anilines is 2. The van der Waals surface area contributed by atoms with Gasteiger partial charge in [0.05, 0.1) is 36.7 Å². The number of amides is 2. The van der Waals surface area contributed by atoms with E-state index >= 15 is 0 Å². The standard InChI is InChI=1S/C21H19F2N7O3/c1-25-21(32)16-14(15(24)19(30-29-16)28-20(31)12-6-13(12)23)10-4-3-5-11(17(10)33-2)18-26-7-9(22)8-27-18/h3-5,7-8,12-13H,6H2,1-2H3,(H2,24,29)(H,25,32)(H,28,30,31)/t12-,13+/m1/s1/i1D3. The van der Waals surface area contributed by atoms with E-state index in [0.717, 1.165) is 12.4 Å². The number of aromatic nitrogens is 4. The van der Waals surface area contributed by atoms with Crippen molar-refractivity contribution in [3.05, 3.63) is 42.1 Å². The molecule has 2 aromatic heterocycles. The van der Waals surface area contributed by atoms with Gasteiger partial charge in [-0.15, -0.1) is 10.2 Å². The predicted octanol–water partition coefficient (Wildman–Crippen LogP) is 1.99. The Kier molecular flexibility index (Phi) is 4.86. The molecule has 3 aromatic rings. The first-order valence-electron chi connectivity index (χ1n) is 11.1. The molecule has 2 heterocycles. The third-order valence-corrected chi connectivity index (χ3v) is 4.98. The minimum Gasteiger partial charge on any atom is -0.495 e. The van der Waals surface area contributed by atoms with Crippen LogP contribution in [0.15, 0.2) is 30.6 Å². The van der Waals surface area contributed by atoms with E-state index in [1.54, 1.807) is 12.1 Å². The lowest BCUT2D eigenvalue weighted by atomic mass is 9.97. The van der Waals surface area contributed by atoms with E-state index in [2.05, 4.69) is 25.5 Å². The molecule has 0 aliphatic heterocycles. The number of para-hydroxylation sites is 1. The summed E-state index contributed by atoms with van der Waals surface area (Å²) in [5.41, 5.74) is 5.88. The van der Waals surface area contributed by atoms with E-state index in [0.29, 0.717) is 0 Å². The molecule has 0 radical (unpaired) electrons. The Hall–Kier alpha value is -4.22. The summed E-state index contributed by atoms with van der Waals surface area (Å²) in [6.07, 6.45) is 0.680. The van der Waals surface area contributed by atoms with E-state index in [1.807, 2.05) is 5.32 Å². The Labute approximate surface area is 190 Å². The highest BCUT2D eigenvalue weighted by molar-refractivity contribution is 6.06. The molecule has 0 saturated heterocycles. The van der Waals surface area contributed by atoms with Crippen LogP contribution in [-0.2, 0) is 4.79 Å². The van der Waals surface area contributed by atoms with Crippen molar-refractivity contribution in [2.24, 2.45) is 5.92 Å². The van der Waals surface area contributed by atoms with Crippen LogP contribution < -0.4 is 21.1 Å². The van der Waals surface area contributed by atoms with Gasteiger partial charge in [-0.05, 0) is 12.5 Å². The zero-order chi connectivity index (χ0) is 26.2. The maximum Gasteiger partial charge on any atom is 0.272 e. The minimum atomic E-state index is -2.85. The van der Waals surface area contributed by atoms with Gasteiger partial charge in [0.15, 0.2) is 23.2 Å². The van der Waals surface area contributed by atoms with E-state index in [-0.39, 0.29) is 46.2 Å². The number of ether oxygens (including phenoxy) is 1. The van der Waals surface area contributed by atoms with Gasteiger partial charge in [-0.25, -0.2) is 18.7 Å². The van der Waals surface area contributed by atoms with Crippen LogP contribution in [0.4, 0.5) is 20.3 Å². The molecule has 2 atom stereocenters. The normalized spacial score (nSPS) is 18.5. The Bertz CT molecular complexity index is 1340. The quantitative estimate of drug-likeness (QED) is 0.509. The highest BCUT2D eigenvalue weighted by Gasteiger charge is 2.44. The van der Waals surface area contributed by atoms with Crippen molar-refractivity contribution in [1.82, 2.24) is 25.5 Å². The number of methoxy groups -OCH3 is 1. The van der Waals surface area contributed by atoms with Crippen LogP contribution in [0.25, 0.3) is 22.5 Å². The summed E-state index contributed by atoms with van der Waals surface area (Å²) in [5, 5.41) is 11.8. The number of halogens is 2. The molecule has 0 bridgehead atoms. The van der Waals surface area contributed by atoms with Crippen LogP contribution in [0.1, 0.15) is 21.0 Å². The number of nitrogens with two attached hydrogens (primary N) is 1. The summed E-state index contributed by atoms with van der Waals surface area (Å²) in [4.78, 5) is 33.0. The number of rotatable bonds is 6. The molecule has 0 unspecified atom stereocenters. The Morgan fingerprint density at radius 2 is 1.94 bits per heavy atom. The number of hydrogen-bond donors (Lipinski definition) is 3. The van der Waals surface area contributed by atoms with E-state index in [1.165, 1.54) is 13.2 Å². The van der Waals surface area contributed by atoms with Gasteiger partial charge in [0.2, 0.25) is 5.91 Å². The van der Waals surface area contributed by atoms with Gasteiger partial charge >= 0.3 is 0 Å². The van der Waals surface area contributed by atoms with Crippen LogP contribution in [-0.4, -0.2) is 52.2 Å². The highest BCUT2D eigenvalue weighted by Crippen LogP contribution is 2.43. The molecule has 12 heteroatoms. The summed E-state index contributed by atoms with van der Waals surface area (Å²) in [7, 11) is 1.32. The van der Waals surface area contributed by atoms with Crippen LogP contribution in [0, 0.1) is 11.7 Å². The first kappa shape index (κ1) is 18.4. The van der Waals surface area contributed by atoms with Crippen molar-refractivity contribution in [3.63, 3.8) is 0 Å². The van der Waals surface area contributed by atoms with E-state index in [9.17, 15) is 18.4 Å². The highest BCUT2D eigenvalue weighted by atomic mass is 19.1. The smallest absolute Gasteiger partial charge is 0.272 e. The number of carbonyl (C=O) groups excluding carboxylic acids is 2. The molecule has 2 amide bonds. The number of nitrogen functional groups attached to an aromatic ring is 1. The fourth-order valence-electron chi connectivity index (χ4n) is 3.26. The van der Waals surface area contributed by atoms with Crippen molar-refractivity contribution < 1.29 is 27.2 Å². The van der Waals surface area contributed by atoms with Crippen LogP contribution in [0.5, 0.6) is 5.75 Å². The molecule has 33 heavy (non-hydrogen) atoms. The Morgan fingerprint density at radius 1 is 1.24 bits per heavy atom. The van der Waals surface area contributed by atoms with Crippen molar-refractivity contribution in [1.29, 1.82) is 0 Å². The minimum absolute atomic E-state index is 0.0542. The Balaban J connectivity index is 1.89. The fourth-order valence-corrected chi connectivity index (χ4v) is 3.26. The molecule has 4 N–H and O–H groups in total. The molecule has 170 valence electrons. The van der Waals surface area contributed by atoms with Crippen LogP contribution in [0.2, 0.25) is 0 Å². The third kappa shape index (κ3) is 4.14. The topological polar surface area (TPSA) is 145 Å². The first-order chi connectivity index (χ1) is 17.0. The van der Waals surface area contributed by atoms with Gasteiger partial charge in [0, 0.05) is 22.2 Å². The number of nitrogens with zero attached hydrogens (tertiary/aromatic N) is 4. The van der Waals surface area contributed by atoms with Gasteiger partial charge in [-0.1, -0.05) is 12.1 Å². The maximum absolute atomic E-state index is 13.4. The third-order valence-electron chi connectivity index (χ3n) is 4.98. The fraction of sp³-hybridized carbons (Fsp3) is 0.238. The van der Waals surface area contributed by atoms with Gasteiger partial charge in [-0.3, -0.25) is 9.59 Å². The maximum atomic E-state index is 13.4. The zero-order valence-electron chi connectivity index (χ0n) is 20.1. The van der Waals surface area contributed by atoms with Crippen LogP contribution >= 0.6 is 0 Å². The predicted molar refractivity (Wildman–Crippen MR) is 114 cm³/mol. The molecule has 1 fully saturated rings. The molecule has 1 aromatic carbocycles. The van der Waals surface area contributed by atoms with Crippen LogP contribution in [0.3, 0.4) is 0 Å². The number of nitrogens with one attached hydrogen (secondary N) is 2. The van der Waals surface area contributed by atoms with Gasteiger partial charge in [0.25, 0.3) is 5.91 Å². The van der Waals surface area contributed by atoms with Crippen molar-refractivity contribution in [3.8, 4) is 28.3 Å². The second-order valence-corrected chi connectivity index (χ2v) is 7.10. The molecule has 1 aliphatic rings. The second kappa shape index (κ2) is 8.73. The molecular formula is C21H19F2N7O3. The van der Waals surface area contributed by atoms with E-state index < -0.39 is 42.4 Å². The lowest BCUT2D eigenvalue weighted by Crippen LogP contribution is -2.24. The van der Waals surface area contributed by atoms with Crippen molar-refractivity contribution in [2.75, 3.05) is 25.1 Å². The number of carbonyl (C=O) groups is 2. The molecular weight excluding hydrogens is 436 g/mol. The summed E-state index contributed by atoms with van der Waals surface area (Å²) >= 11 is 0. The monoisotopic (exact) mass is 458 g/mol. The molecule has 10 nitrogen and oxygen atoms in total. The Morgan fingerprint density at radius 3 is 2.58 bits per heavy atom. The number of benzene rings is 1. The van der Waals surface area contributed by atoms with E-state index in [4.69, 9.17) is 14.6 Å². The molecule has 0 spiro atoms. The average molecular weight is 458 g/mol. The lowest BCUT2D eigenvalue weighted by molar-refractivity contribution is -0.117. The van der Waals surface area contributed by atoms with Gasteiger partial charge in [0.1, 0.15) is 11.9 Å². The average Bonchev–Trinajstić information content (AvgIpc) is 3.55. The molecule has 1 saturated carbocycles. The SMILES string of the molecule is [2H]C([2H])([2H])NC(=O)c1nnc(NC(=O)[C@@H]2C[C@@H]2F)c(N)c1-c1cccc(-c2ncc(F)cn2)c1OC.